The minimum Gasteiger partial charge on any atom is -0.399 e. The van der Waals surface area contributed by atoms with Crippen LogP contribution in [0.1, 0.15) is 13.8 Å². The molecule has 0 saturated heterocycles. The molecule has 0 fully saturated rings. The molecule has 2 N–H and O–H groups in total. The van der Waals surface area contributed by atoms with Crippen LogP contribution in [0.4, 0.5) is 5.69 Å². The van der Waals surface area contributed by atoms with E-state index in [9.17, 15) is 13.2 Å². The zero-order chi connectivity index (χ0) is 14.8. The normalized spacial score (nSPS) is 11.6. The molecule has 7 heteroatoms. The Morgan fingerprint density at radius 1 is 1.42 bits per heavy atom. The van der Waals surface area contributed by atoms with E-state index in [1.807, 2.05) is 0 Å². The second kappa shape index (κ2) is 5.79. The molecule has 5 nitrogen and oxygen atoms in total. The van der Waals surface area contributed by atoms with Gasteiger partial charge in [0.05, 0.1) is 9.92 Å². The van der Waals surface area contributed by atoms with Gasteiger partial charge in [-0.05, 0) is 32.0 Å². The van der Waals surface area contributed by atoms with Gasteiger partial charge in [-0.25, -0.2) is 8.42 Å². The molecule has 106 valence electrons. The fraction of sp³-hybridized carbons (Fsp3) is 0.417. The molecular formula is C12H17ClN2O3S. The fourth-order valence-corrected chi connectivity index (χ4v) is 3.26. The van der Waals surface area contributed by atoms with Gasteiger partial charge in [0.1, 0.15) is 5.75 Å². The Balaban J connectivity index is 3.02. The Bertz CT molecular complexity index is 585. The molecule has 0 radical (unpaired) electrons. The number of nitrogens with two attached hydrogens (primary N) is 1. The minimum absolute atomic E-state index is 0.0278. The molecule has 1 amide bonds. The number of benzene rings is 1. The number of carbonyl (C=O) groups excluding carboxylic acids is 1. The SMILES string of the molecule is CC(C)N(C)C(=O)CS(=O)(=O)c1ccc(N)cc1Cl. The Labute approximate surface area is 118 Å². The van der Waals surface area contributed by atoms with Crippen molar-refractivity contribution in [2.45, 2.75) is 24.8 Å². The summed E-state index contributed by atoms with van der Waals surface area (Å²) in [5.41, 5.74) is 5.88. The zero-order valence-electron chi connectivity index (χ0n) is 11.1. The van der Waals surface area contributed by atoms with E-state index >= 15 is 0 Å². The molecule has 0 saturated carbocycles. The third kappa shape index (κ3) is 3.84. The molecule has 1 rings (SSSR count). The van der Waals surface area contributed by atoms with E-state index in [1.165, 1.54) is 23.1 Å². The Morgan fingerprint density at radius 3 is 2.47 bits per heavy atom. The van der Waals surface area contributed by atoms with Crippen LogP contribution < -0.4 is 5.73 Å². The van der Waals surface area contributed by atoms with Gasteiger partial charge in [0, 0.05) is 18.8 Å². The predicted molar refractivity (Wildman–Crippen MR) is 75.8 cm³/mol. The van der Waals surface area contributed by atoms with Gasteiger partial charge < -0.3 is 10.6 Å². The lowest BCUT2D eigenvalue weighted by atomic mass is 10.3. The average Bonchev–Trinajstić information content (AvgIpc) is 2.26. The van der Waals surface area contributed by atoms with E-state index in [-0.39, 0.29) is 16.0 Å². The van der Waals surface area contributed by atoms with Crippen molar-refractivity contribution < 1.29 is 13.2 Å². The van der Waals surface area contributed by atoms with E-state index in [4.69, 9.17) is 17.3 Å². The van der Waals surface area contributed by atoms with Crippen molar-refractivity contribution in [1.82, 2.24) is 4.90 Å². The largest absolute Gasteiger partial charge is 0.399 e. The van der Waals surface area contributed by atoms with Crippen LogP contribution in [0, 0.1) is 0 Å². The zero-order valence-corrected chi connectivity index (χ0v) is 12.6. The third-order valence-electron chi connectivity index (χ3n) is 2.77. The topological polar surface area (TPSA) is 80.5 Å². The third-order valence-corrected chi connectivity index (χ3v) is 4.85. The lowest BCUT2D eigenvalue weighted by Gasteiger charge is -2.21. The van der Waals surface area contributed by atoms with Crippen molar-refractivity contribution in [3.63, 3.8) is 0 Å². The van der Waals surface area contributed by atoms with Crippen LogP contribution in [0.3, 0.4) is 0 Å². The molecule has 0 atom stereocenters. The summed E-state index contributed by atoms with van der Waals surface area (Å²) in [7, 11) is -2.20. The number of rotatable bonds is 4. The first-order valence-corrected chi connectivity index (χ1v) is 7.71. The van der Waals surface area contributed by atoms with Gasteiger partial charge in [-0.2, -0.15) is 0 Å². The highest BCUT2D eigenvalue weighted by atomic mass is 35.5. The van der Waals surface area contributed by atoms with E-state index in [2.05, 4.69) is 0 Å². The summed E-state index contributed by atoms with van der Waals surface area (Å²) in [5.74, 6) is -1.08. The average molecular weight is 305 g/mol. The molecule has 0 aromatic heterocycles. The van der Waals surface area contributed by atoms with Crippen LogP contribution in [0.5, 0.6) is 0 Å². The molecule has 0 aliphatic heterocycles. The van der Waals surface area contributed by atoms with Gasteiger partial charge >= 0.3 is 0 Å². The van der Waals surface area contributed by atoms with Gasteiger partial charge in [-0.3, -0.25) is 4.79 Å². The summed E-state index contributed by atoms with van der Waals surface area (Å²) in [6.07, 6.45) is 0. The van der Waals surface area contributed by atoms with Crippen LogP contribution in [0.2, 0.25) is 5.02 Å². The summed E-state index contributed by atoms with van der Waals surface area (Å²) in [6.45, 7) is 3.61. The van der Waals surface area contributed by atoms with Gasteiger partial charge in [0.2, 0.25) is 5.91 Å². The van der Waals surface area contributed by atoms with Crippen molar-refractivity contribution in [3.05, 3.63) is 23.2 Å². The van der Waals surface area contributed by atoms with Gasteiger partial charge in [0.15, 0.2) is 9.84 Å². The summed E-state index contributed by atoms with van der Waals surface area (Å²) in [5, 5.41) is 0.0278. The second-order valence-electron chi connectivity index (χ2n) is 4.55. The fourth-order valence-electron chi connectivity index (χ4n) is 1.40. The van der Waals surface area contributed by atoms with Gasteiger partial charge in [0.25, 0.3) is 0 Å². The number of hydrogen-bond donors (Lipinski definition) is 1. The number of nitrogens with zero attached hydrogens (tertiary/aromatic N) is 1. The highest BCUT2D eigenvalue weighted by molar-refractivity contribution is 7.92. The van der Waals surface area contributed by atoms with Crippen LogP contribution in [-0.4, -0.2) is 38.1 Å². The molecule has 1 aromatic rings. The lowest BCUT2D eigenvalue weighted by molar-refractivity contribution is -0.128. The smallest absolute Gasteiger partial charge is 0.238 e. The van der Waals surface area contributed by atoms with Crippen LogP contribution in [0.25, 0.3) is 0 Å². The Hall–Kier alpha value is -1.27. The maximum atomic E-state index is 12.1. The standard InChI is InChI=1S/C12H17ClN2O3S/c1-8(2)15(3)12(16)7-19(17,18)11-5-4-9(14)6-10(11)13/h4-6,8H,7,14H2,1-3H3. The summed E-state index contributed by atoms with van der Waals surface area (Å²) in [6, 6.07) is 4.04. The first kappa shape index (κ1) is 15.8. The van der Waals surface area contributed by atoms with Crippen molar-refractivity contribution in [2.75, 3.05) is 18.5 Å². The monoisotopic (exact) mass is 304 g/mol. The molecule has 0 bridgehead atoms. The van der Waals surface area contributed by atoms with Gasteiger partial charge in [-0.15, -0.1) is 0 Å². The summed E-state index contributed by atoms with van der Waals surface area (Å²) < 4.78 is 24.3. The summed E-state index contributed by atoms with van der Waals surface area (Å²) in [4.78, 5) is 13.1. The Kier molecular flexibility index (Phi) is 4.81. The highest BCUT2D eigenvalue weighted by Gasteiger charge is 2.24. The number of carbonyl (C=O) groups is 1. The number of nitrogen functional groups attached to an aromatic ring is 1. The molecule has 19 heavy (non-hydrogen) atoms. The quantitative estimate of drug-likeness (QED) is 0.856. The molecule has 0 aliphatic rings. The highest BCUT2D eigenvalue weighted by Crippen LogP contribution is 2.24. The maximum absolute atomic E-state index is 12.1. The lowest BCUT2D eigenvalue weighted by Crippen LogP contribution is -2.37. The number of anilines is 1. The van der Waals surface area contributed by atoms with Crippen molar-refractivity contribution in [1.29, 1.82) is 0 Å². The first-order chi connectivity index (χ1) is 8.65. The summed E-state index contributed by atoms with van der Waals surface area (Å²) >= 11 is 5.86. The molecule has 1 aromatic carbocycles. The minimum atomic E-state index is -3.76. The molecular weight excluding hydrogens is 288 g/mol. The van der Waals surface area contributed by atoms with Crippen LogP contribution in [0.15, 0.2) is 23.1 Å². The molecule has 0 aliphatic carbocycles. The van der Waals surface area contributed by atoms with E-state index < -0.39 is 21.5 Å². The van der Waals surface area contributed by atoms with E-state index in [1.54, 1.807) is 20.9 Å². The van der Waals surface area contributed by atoms with Crippen molar-refractivity contribution in [3.8, 4) is 0 Å². The Morgan fingerprint density at radius 2 is 2.00 bits per heavy atom. The van der Waals surface area contributed by atoms with Gasteiger partial charge in [-0.1, -0.05) is 11.6 Å². The van der Waals surface area contributed by atoms with Crippen LogP contribution in [-0.2, 0) is 14.6 Å². The number of sulfone groups is 1. The second-order valence-corrected chi connectivity index (χ2v) is 6.91. The first-order valence-electron chi connectivity index (χ1n) is 5.68. The van der Waals surface area contributed by atoms with E-state index in [0.29, 0.717) is 5.69 Å². The number of hydrogen-bond acceptors (Lipinski definition) is 4. The number of amides is 1. The van der Waals surface area contributed by atoms with E-state index in [0.717, 1.165) is 0 Å². The predicted octanol–water partition coefficient (Wildman–Crippen LogP) is 1.56. The maximum Gasteiger partial charge on any atom is 0.238 e. The number of halogens is 1. The molecule has 0 heterocycles. The van der Waals surface area contributed by atoms with Crippen molar-refractivity contribution >= 4 is 33.0 Å². The molecule has 0 unspecified atom stereocenters. The van der Waals surface area contributed by atoms with Crippen LogP contribution >= 0.6 is 11.6 Å². The van der Waals surface area contributed by atoms with Crippen molar-refractivity contribution in [2.24, 2.45) is 0 Å². The molecule has 0 spiro atoms.